The number of aliphatic hydroxyl groups excluding tert-OH is 7. The Morgan fingerprint density at radius 3 is 1.14 bits per heavy atom. The highest BCUT2D eigenvalue weighted by Crippen LogP contribution is 2.27. The minimum Gasteiger partial charge on any atom is -0.457 e. The van der Waals surface area contributed by atoms with Crippen LogP contribution in [0.1, 0.15) is 284 Å². The van der Waals surface area contributed by atoms with Gasteiger partial charge in [0.25, 0.3) is 0 Å². The molecule has 0 spiro atoms. The average Bonchev–Trinajstić information content (AvgIpc) is 3.68. The third-order valence-electron chi connectivity index (χ3n) is 16.5. The van der Waals surface area contributed by atoms with E-state index in [9.17, 15) is 40.5 Å². The summed E-state index contributed by atoms with van der Waals surface area (Å²) in [5, 5.41) is 72.6. The van der Waals surface area contributed by atoms with Crippen molar-refractivity contribution in [2.24, 2.45) is 0 Å². The van der Waals surface area contributed by atoms with Crippen molar-refractivity contribution in [2.75, 3.05) is 33.0 Å². The second-order valence-electron chi connectivity index (χ2n) is 24.3. The lowest BCUT2D eigenvalue weighted by Crippen LogP contribution is -2.61. The summed E-state index contributed by atoms with van der Waals surface area (Å²) in [5.74, 6) is -0.377. The summed E-state index contributed by atoms with van der Waals surface area (Å²) in [4.78, 5) is 13.2. The van der Waals surface area contributed by atoms with Crippen molar-refractivity contribution in [3.8, 4) is 0 Å². The topological polar surface area (TPSA) is 214 Å². The quantitative estimate of drug-likeness (QED) is 0.0171. The number of ether oxygens (including phenoxy) is 6. The van der Waals surface area contributed by atoms with Crippen LogP contribution in [0.25, 0.3) is 0 Å². The number of unbranched alkanes of at least 4 members (excludes halogenated alkanes) is 34. The first-order valence-corrected chi connectivity index (χ1v) is 34.9. The summed E-state index contributed by atoms with van der Waals surface area (Å²) < 4.78 is 34.6. The van der Waals surface area contributed by atoms with E-state index in [2.05, 4.69) is 74.6 Å². The third-order valence-corrected chi connectivity index (χ3v) is 16.5. The fourth-order valence-electron chi connectivity index (χ4n) is 10.9. The van der Waals surface area contributed by atoms with E-state index in [1.54, 1.807) is 0 Å². The molecule has 2 aliphatic rings. The van der Waals surface area contributed by atoms with Gasteiger partial charge >= 0.3 is 5.97 Å². The monoisotopic (exact) mass is 1200 g/mol. The minimum atomic E-state index is -1.71. The third kappa shape index (κ3) is 42.3. The van der Waals surface area contributed by atoms with Crippen molar-refractivity contribution in [2.45, 2.75) is 351 Å². The number of esters is 1. The maximum Gasteiger partial charge on any atom is 0.306 e. The molecule has 0 amide bonds. The van der Waals surface area contributed by atoms with E-state index < -0.39 is 80.7 Å². The Morgan fingerprint density at radius 2 is 0.729 bits per heavy atom. The molecule has 0 aromatic heterocycles. The highest BCUT2D eigenvalue weighted by molar-refractivity contribution is 5.69. The maximum atomic E-state index is 13.2. The van der Waals surface area contributed by atoms with Gasteiger partial charge in [0, 0.05) is 13.0 Å². The zero-order valence-corrected chi connectivity index (χ0v) is 53.8. The first-order valence-electron chi connectivity index (χ1n) is 34.9. The van der Waals surface area contributed by atoms with Gasteiger partial charge < -0.3 is 64.2 Å². The first kappa shape index (κ1) is 78.8. The Morgan fingerprint density at radius 1 is 0.388 bits per heavy atom. The van der Waals surface area contributed by atoms with E-state index in [4.69, 9.17) is 28.4 Å². The normalized spacial score (nSPS) is 23.5. The Balaban J connectivity index is 1.64. The molecule has 0 aromatic carbocycles. The Labute approximate surface area is 517 Å². The van der Waals surface area contributed by atoms with E-state index in [0.29, 0.717) is 13.0 Å². The van der Waals surface area contributed by atoms with Gasteiger partial charge in [-0.05, 0) is 83.5 Å². The predicted molar refractivity (Wildman–Crippen MR) is 344 cm³/mol. The SMILES string of the molecule is CCCCCCC/C=C\C/C=C\C/C=C\CCCCCCCCCCCCC(=O)OC(COCCCCCCCCCCCCCCCC/C=C\C/C=C\CCCCCCC)COC1OC(COC2OC(CO)C(O)C(O)C2O)C(O)C(O)C1O. The van der Waals surface area contributed by atoms with Crippen molar-refractivity contribution in [1.82, 2.24) is 0 Å². The lowest BCUT2D eigenvalue weighted by Gasteiger charge is -2.42. The van der Waals surface area contributed by atoms with Crippen molar-refractivity contribution < 1.29 is 69.0 Å². The highest BCUT2D eigenvalue weighted by atomic mass is 16.7. The molecule has 2 heterocycles. The van der Waals surface area contributed by atoms with Crippen LogP contribution < -0.4 is 0 Å². The fourth-order valence-corrected chi connectivity index (χ4v) is 10.9. The number of rotatable bonds is 58. The standard InChI is InChI=1S/C71H128O14/c1-3-5-7-9-11-13-15-17-19-21-23-25-27-29-31-33-35-37-39-41-43-45-47-49-51-53-55-80-57-60(58-81-70-69(79)67(77)65(75)62(85-70)59-82-71-68(78)66(76)64(74)61(56-72)84-71)83-63(73)54-52-50-48-46-44-42-40-38-36-34-32-30-28-26-24-22-20-18-16-14-12-10-8-6-4-2/h15-18,21-24,28,30,60-62,64-72,74-79H,3-14,19-20,25-27,29,31-59H2,1-2H3/b17-15-,18-16-,23-21-,24-22-,30-28-. The van der Waals surface area contributed by atoms with Crippen LogP contribution in [0.5, 0.6) is 0 Å². The number of carbonyl (C=O) groups is 1. The van der Waals surface area contributed by atoms with Crippen LogP contribution in [0.2, 0.25) is 0 Å². The Hall–Kier alpha value is -2.31. The van der Waals surface area contributed by atoms with Crippen LogP contribution in [0.4, 0.5) is 0 Å². The molecule has 0 saturated carbocycles. The summed E-state index contributed by atoms with van der Waals surface area (Å²) in [7, 11) is 0. The fraction of sp³-hybridized carbons (Fsp3) is 0.845. The second-order valence-corrected chi connectivity index (χ2v) is 24.3. The molecule has 2 aliphatic heterocycles. The summed E-state index contributed by atoms with van der Waals surface area (Å²) in [6.45, 7) is 3.71. The van der Waals surface area contributed by atoms with Crippen molar-refractivity contribution in [3.05, 3.63) is 60.8 Å². The molecule has 0 aliphatic carbocycles. The van der Waals surface area contributed by atoms with E-state index in [0.717, 1.165) is 64.2 Å². The minimum absolute atomic E-state index is 0.0596. The van der Waals surface area contributed by atoms with E-state index in [-0.39, 0.29) is 25.6 Å². The number of carbonyl (C=O) groups excluding carboxylic acids is 1. The number of hydrogen-bond donors (Lipinski definition) is 7. The largest absolute Gasteiger partial charge is 0.457 e. The van der Waals surface area contributed by atoms with Crippen LogP contribution >= 0.6 is 0 Å². The molecule has 2 rings (SSSR count). The molecule has 14 heteroatoms. The lowest BCUT2D eigenvalue weighted by molar-refractivity contribution is -0.332. The molecule has 0 bridgehead atoms. The van der Waals surface area contributed by atoms with Gasteiger partial charge in [0.1, 0.15) is 54.9 Å². The van der Waals surface area contributed by atoms with Gasteiger partial charge in [0.05, 0.1) is 26.4 Å². The van der Waals surface area contributed by atoms with Crippen molar-refractivity contribution >= 4 is 5.97 Å². The number of hydrogen-bond acceptors (Lipinski definition) is 14. The van der Waals surface area contributed by atoms with Gasteiger partial charge in [-0.1, -0.05) is 254 Å². The van der Waals surface area contributed by atoms with Crippen LogP contribution in [0.3, 0.4) is 0 Å². The van der Waals surface area contributed by atoms with Crippen molar-refractivity contribution in [1.29, 1.82) is 0 Å². The average molecular weight is 1210 g/mol. The molecule has 7 N–H and O–H groups in total. The maximum absolute atomic E-state index is 13.2. The first-order chi connectivity index (χ1) is 41.6. The van der Waals surface area contributed by atoms with Gasteiger partial charge in [-0.25, -0.2) is 0 Å². The van der Waals surface area contributed by atoms with Gasteiger partial charge in [0.2, 0.25) is 0 Å². The molecule has 2 saturated heterocycles. The summed E-state index contributed by atoms with van der Waals surface area (Å²) in [6, 6.07) is 0. The smallest absolute Gasteiger partial charge is 0.306 e. The molecular formula is C71H128O14. The second kappa shape index (κ2) is 56.9. The molecular weight excluding hydrogens is 1080 g/mol. The van der Waals surface area contributed by atoms with Gasteiger partial charge in [-0.3, -0.25) is 4.79 Å². The summed E-state index contributed by atoms with van der Waals surface area (Å²) >= 11 is 0. The van der Waals surface area contributed by atoms with Gasteiger partial charge in [-0.15, -0.1) is 0 Å². The predicted octanol–water partition coefficient (Wildman–Crippen LogP) is 14.8. The van der Waals surface area contributed by atoms with Crippen LogP contribution in [0.15, 0.2) is 60.8 Å². The molecule has 0 radical (unpaired) electrons. The van der Waals surface area contributed by atoms with E-state index in [1.807, 2.05) is 0 Å². The zero-order valence-electron chi connectivity index (χ0n) is 53.8. The summed E-state index contributed by atoms with van der Waals surface area (Å²) in [5.41, 5.74) is 0. The molecule has 496 valence electrons. The zero-order chi connectivity index (χ0) is 61.5. The van der Waals surface area contributed by atoms with Gasteiger partial charge in [-0.2, -0.15) is 0 Å². The molecule has 0 aromatic rings. The van der Waals surface area contributed by atoms with Crippen LogP contribution in [-0.2, 0) is 33.2 Å². The molecule has 2 fully saturated rings. The number of aliphatic hydroxyl groups is 7. The molecule has 85 heavy (non-hydrogen) atoms. The molecule has 11 atom stereocenters. The van der Waals surface area contributed by atoms with E-state index >= 15 is 0 Å². The Bertz CT molecular complexity index is 1640. The lowest BCUT2D eigenvalue weighted by atomic mass is 9.98. The molecule has 14 nitrogen and oxygen atoms in total. The van der Waals surface area contributed by atoms with Crippen molar-refractivity contribution in [3.63, 3.8) is 0 Å². The van der Waals surface area contributed by atoms with Gasteiger partial charge in [0.15, 0.2) is 12.6 Å². The molecule has 11 unspecified atom stereocenters. The Kier molecular flexibility index (Phi) is 52.7. The highest BCUT2D eigenvalue weighted by Gasteiger charge is 2.47. The van der Waals surface area contributed by atoms with Crippen LogP contribution in [-0.4, -0.2) is 142 Å². The summed E-state index contributed by atoms with van der Waals surface area (Å²) in [6.07, 6.45) is 57.2. The van der Waals surface area contributed by atoms with E-state index in [1.165, 1.54) is 193 Å². The number of allylic oxidation sites excluding steroid dienone is 10. The van der Waals surface area contributed by atoms with Crippen LogP contribution in [0, 0.1) is 0 Å².